The van der Waals surface area contributed by atoms with Crippen molar-refractivity contribution in [1.29, 1.82) is 0 Å². The van der Waals surface area contributed by atoms with E-state index in [4.69, 9.17) is 4.52 Å². The third-order valence-corrected chi connectivity index (χ3v) is 4.13. The first-order valence-corrected chi connectivity index (χ1v) is 7.33. The molecule has 0 saturated heterocycles. The Morgan fingerprint density at radius 3 is 3.00 bits per heavy atom. The SMILES string of the molecule is Cc1csc(NC(=O)c2noc3c2CCCCC3)n1. The van der Waals surface area contributed by atoms with E-state index in [1.54, 1.807) is 0 Å². The molecule has 0 fully saturated rings. The van der Waals surface area contributed by atoms with Gasteiger partial charge in [0, 0.05) is 17.4 Å². The van der Waals surface area contributed by atoms with Crippen molar-refractivity contribution in [3.8, 4) is 0 Å². The van der Waals surface area contributed by atoms with Crippen LogP contribution in [0.5, 0.6) is 0 Å². The molecule has 0 bridgehead atoms. The summed E-state index contributed by atoms with van der Waals surface area (Å²) in [6, 6.07) is 0. The molecule has 5 nitrogen and oxygen atoms in total. The Bertz CT molecular complexity index is 603. The maximum Gasteiger partial charge on any atom is 0.279 e. The molecule has 2 heterocycles. The van der Waals surface area contributed by atoms with Gasteiger partial charge in [-0.05, 0) is 26.2 Å². The second-order valence-electron chi connectivity index (χ2n) is 4.74. The molecule has 0 aliphatic heterocycles. The van der Waals surface area contributed by atoms with Crippen LogP contribution in [0, 0.1) is 6.92 Å². The number of nitrogens with one attached hydrogen (secondary N) is 1. The van der Waals surface area contributed by atoms with Gasteiger partial charge in [-0.1, -0.05) is 11.6 Å². The normalized spacial score (nSPS) is 14.8. The third kappa shape index (κ3) is 2.53. The first-order valence-electron chi connectivity index (χ1n) is 6.45. The van der Waals surface area contributed by atoms with Crippen LogP contribution in [0.3, 0.4) is 0 Å². The highest BCUT2D eigenvalue weighted by atomic mass is 32.1. The molecule has 0 radical (unpaired) electrons. The van der Waals surface area contributed by atoms with E-state index >= 15 is 0 Å². The molecular weight excluding hydrogens is 262 g/mol. The number of nitrogens with zero attached hydrogens (tertiary/aromatic N) is 2. The fourth-order valence-corrected chi connectivity index (χ4v) is 2.99. The van der Waals surface area contributed by atoms with Gasteiger partial charge < -0.3 is 4.52 Å². The summed E-state index contributed by atoms with van der Waals surface area (Å²) in [5.41, 5.74) is 2.30. The Labute approximate surface area is 115 Å². The number of fused-ring (bicyclic) bond motifs is 1. The third-order valence-electron chi connectivity index (χ3n) is 3.25. The van der Waals surface area contributed by atoms with Crippen molar-refractivity contribution in [3.05, 3.63) is 28.1 Å². The number of aromatic nitrogens is 2. The number of amides is 1. The zero-order valence-corrected chi connectivity index (χ0v) is 11.5. The van der Waals surface area contributed by atoms with E-state index in [9.17, 15) is 4.79 Å². The smallest absolute Gasteiger partial charge is 0.279 e. The Morgan fingerprint density at radius 1 is 1.37 bits per heavy atom. The fraction of sp³-hybridized carbons (Fsp3) is 0.462. The average Bonchev–Trinajstić information content (AvgIpc) is 2.90. The van der Waals surface area contributed by atoms with Crippen LogP contribution < -0.4 is 5.32 Å². The van der Waals surface area contributed by atoms with Crippen molar-refractivity contribution in [3.63, 3.8) is 0 Å². The minimum absolute atomic E-state index is 0.221. The Morgan fingerprint density at radius 2 is 2.21 bits per heavy atom. The molecule has 0 aromatic carbocycles. The van der Waals surface area contributed by atoms with E-state index < -0.39 is 0 Å². The molecular formula is C13H15N3O2S. The summed E-state index contributed by atoms with van der Waals surface area (Å²) in [6.45, 7) is 1.90. The predicted molar refractivity (Wildman–Crippen MR) is 72.6 cm³/mol. The lowest BCUT2D eigenvalue weighted by Crippen LogP contribution is -2.14. The average molecular weight is 277 g/mol. The van der Waals surface area contributed by atoms with Crippen molar-refractivity contribution in [2.24, 2.45) is 0 Å². The lowest BCUT2D eigenvalue weighted by Gasteiger charge is -2.00. The van der Waals surface area contributed by atoms with E-state index in [1.807, 2.05) is 12.3 Å². The van der Waals surface area contributed by atoms with Crippen molar-refractivity contribution >= 4 is 22.4 Å². The molecule has 2 aromatic heterocycles. The molecule has 2 aromatic rings. The number of aryl methyl sites for hydroxylation is 2. The summed E-state index contributed by atoms with van der Waals surface area (Å²) >= 11 is 1.42. The van der Waals surface area contributed by atoms with Gasteiger partial charge in [0.15, 0.2) is 10.8 Å². The summed E-state index contributed by atoms with van der Waals surface area (Å²) in [7, 11) is 0. The Balaban J connectivity index is 1.82. The Kier molecular flexibility index (Phi) is 3.33. The van der Waals surface area contributed by atoms with Crippen LogP contribution in [0.4, 0.5) is 5.13 Å². The van der Waals surface area contributed by atoms with Gasteiger partial charge in [-0.2, -0.15) is 0 Å². The van der Waals surface area contributed by atoms with E-state index in [0.717, 1.165) is 42.7 Å². The summed E-state index contributed by atoms with van der Waals surface area (Å²) in [5.74, 6) is 0.652. The molecule has 1 N–H and O–H groups in total. The van der Waals surface area contributed by atoms with Gasteiger partial charge in [0.05, 0.1) is 5.69 Å². The number of carbonyl (C=O) groups excluding carboxylic acids is 1. The number of thiazole rings is 1. The zero-order valence-electron chi connectivity index (χ0n) is 10.7. The monoisotopic (exact) mass is 277 g/mol. The molecule has 19 heavy (non-hydrogen) atoms. The molecule has 100 valence electrons. The van der Waals surface area contributed by atoms with E-state index in [-0.39, 0.29) is 5.91 Å². The van der Waals surface area contributed by atoms with Gasteiger partial charge in [-0.3, -0.25) is 10.1 Å². The van der Waals surface area contributed by atoms with Crippen molar-refractivity contribution in [2.75, 3.05) is 5.32 Å². The largest absolute Gasteiger partial charge is 0.360 e. The lowest BCUT2D eigenvalue weighted by molar-refractivity contribution is 0.101. The minimum atomic E-state index is -0.221. The summed E-state index contributed by atoms with van der Waals surface area (Å²) < 4.78 is 5.30. The molecule has 0 atom stereocenters. The van der Waals surface area contributed by atoms with Gasteiger partial charge >= 0.3 is 0 Å². The second kappa shape index (κ2) is 5.13. The predicted octanol–water partition coefficient (Wildman–Crippen LogP) is 2.96. The molecule has 6 heteroatoms. The number of hydrogen-bond acceptors (Lipinski definition) is 5. The van der Waals surface area contributed by atoms with Gasteiger partial charge in [0.25, 0.3) is 5.91 Å². The van der Waals surface area contributed by atoms with E-state index in [0.29, 0.717) is 10.8 Å². The molecule has 3 rings (SSSR count). The van der Waals surface area contributed by atoms with Crippen molar-refractivity contribution in [1.82, 2.24) is 10.1 Å². The summed E-state index contributed by atoms with van der Waals surface area (Å²) in [5, 5.41) is 9.22. The van der Waals surface area contributed by atoms with Gasteiger partial charge in [0.2, 0.25) is 0 Å². The van der Waals surface area contributed by atoms with Crippen LogP contribution in [0.25, 0.3) is 0 Å². The first-order chi connectivity index (χ1) is 9.24. The quantitative estimate of drug-likeness (QED) is 0.857. The van der Waals surface area contributed by atoms with E-state index in [1.165, 1.54) is 17.8 Å². The maximum absolute atomic E-state index is 12.2. The molecule has 1 amide bonds. The van der Waals surface area contributed by atoms with Crippen LogP contribution in [0.2, 0.25) is 0 Å². The van der Waals surface area contributed by atoms with Gasteiger partial charge in [0.1, 0.15) is 5.76 Å². The highest BCUT2D eigenvalue weighted by Gasteiger charge is 2.23. The second-order valence-corrected chi connectivity index (χ2v) is 5.60. The summed E-state index contributed by atoms with van der Waals surface area (Å²) in [4.78, 5) is 16.4. The number of anilines is 1. The molecule has 1 aliphatic rings. The molecule has 0 saturated carbocycles. The van der Waals surface area contributed by atoms with Crippen LogP contribution in [0.1, 0.15) is 46.8 Å². The highest BCUT2D eigenvalue weighted by Crippen LogP contribution is 2.24. The maximum atomic E-state index is 12.2. The zero-order chi connectivity index (χ0) is 13.2. The van der Waals surface area contributed by atoms with Gasteiger partial charge in [-0.25, -0.2) is 4.98 Å². The van der Waals surface area contributed by atoms with Crippen LogP contribution in [-0.2, 0) is 12.8 Å². The summed E-state index contributed by atoms with van der Waals surface area (Å²) in [6.07, 6.45) is 5.13. The standard InChI is InChI=1S/C13H15N3O2S/c1-8-7-19-13(14-8)15-12(17)11-9-5-3-2-4-6-10(9)18-16-11/h7H,2-6H2,1H3,(H,14,15,17). The lowest BCUT2D eigenvalue weighted by atomic mass is 10.1. The number of carbonyl (C=O) groups is 1. The molecule has 1 aliphatic carbocycles. The molecule has 0 spiro atoms. The number of hydrogen-bond donors (Lipinski definition) is 1. The van der Waals surface area contributed by atoms with Crippen LogP contribution in [-0.4, -0.2) is 16.0 Å². The number of rotatable bonds is 2. The minimum Gasteiger partial charge on any atom is -0.360 e. The van der Waals surface area contributed by atoms with Crippen molar-refractivity contribution in [2.45, 2.75) is 39.0 Å². The fourth-order valence-electron chi connectivity index (χ4n) is 2.31. The first kappa shape index (κ1) is 12.3. The van der Waals surface area contributed by atoms with Crippen molar-refractivity contribution < 1.29 is 9.32 Å². The Hall–Kier alpha value is -1.69. The van der Waals surface area contributed by atoms with Crippen LogP contribution >= 0.6 is 11.3 Å². The molecule has 0 unspecified atom stereocenters. The topological polar surface area (TPSA) is 68.0 Å². The van der Waals surface area contributed by atoms with Gasteiger partial charge in [-0.15, -0.1) is 11.3 Å². The van der Waals surface area contributed by atoms with E-state index in [2.05, 4.69) is 15.5 Å². The highest BCUT2D eigenvalue weighted by molar-refractivity contribution is 7.13. The van der Waals surface area contributed by atoms with Crippen LogP contribution in [0.15, 0.2) is 9.90 Å².